The van der Waals surface area contributed by atoms with E-state index in [0.717, 1.165) is 16.4 Å². The molecule has 0 unspecified atom stereocenters. The number of benzene rings is 2. The lowest BCUT2D eigenvalue weighted by Crippen LogP contribution is -2.41. The predicted molar refractivity (Wildman–Crippen MR) is 89.3 cm³/mol. The van der Waals surface area contributed by atoms with Crippen LogP contribution in [0.1, 0.15) is 20.8 Å². The maximum Gasteiger partial charge on any atom is 0.290 e. The van der Waals surface area contributed by atoms with Gasteiger partial charge in [-0.2, -0.15) is 5.10 Å². The summed E-state index contributed by atoms with van der Waals surface area (Å²) in [4.78, 5) is 27.5. The summed E-state index contributed by atoms with van der Waals surface area (Å²) in [7, 11) is 0. The second-order valence-electron chi connectivity index (χ2n) is 5.27. The molecule has 4 N–H and O–H groups in total. The van der Waals surface area contributed by atoms with Crippen molar-refractivity contribution in [3.63, 3.8) is 0 Å². The quantitative estimate of drug-likeness (QED) is 0.425. The van der Waals surface area contributed by atoms with Gasteiger partial charge in [0.05, 0.1) is 11.1 Å². The normalized spacial score (nSPS) is 10.8. The summed E-state index contributed by atoms with van der Waals surface area (Å²) in [5.41, 5.74) is 7.10. The first-order valence-corrected chi connectivity index (χ1v) is 7.34. The number of carbonyl (C=O) groups excluding carboxylic acids is 2. The Labute approximate surface area is 136 Å². The van der Waals surface area contributed by atoms with Crippen LogP contribution in [0.4, 0.5) is 0 Å². The summed E-state index contributed by atoms with van der Waals surface area (Å²) in [6, 6.07) is 14.7. The van der Waals surface area contributed by atoms with Crippen molar-refractivity contribution in [3.05, 3.63) is 66.0 Å². The molecule has 2 aromatic heterocycles. The predicted octanol–water partition coefficient (Wildman–Crippen LogP) is 2.12. The molecule has 0 bridgehead atoms. The van der Waals surface area contributed by atoms with E-state index in [2.05, 4.69) is 26.0 Å². The van der Waals surface area contributed by atoms with Crippen molar-refractivity contribution in [1.82, 2.24) is 26.0 Å². The first-order valence-electron chi connectivity index (χ1n) is 7.34. The Hall–Kier alpha value is -3.61. The number of fused-ring (bicyclic) bond motifs is 2. The largest absolute Gasteiger partial charge is 0.360 e. The van der Waals surface area contributed by atoms with E-state index in [1.54, 1.807) is 12.3 Å². The van der Waals surface area contributed by atoms with Gasteiger partial charge in [-0.1, -0.05) is 36.4 Å². The second-order valence-corrected chi connectivity index (χ2v) is 5.27. The highest BCUT2D eigenvalue weighted by molar-refractivity contribution is 6.09. The zero-order chi connectivity index (χ0) is 16.5. The number of aromatic nitrogens is 3. The van der Waals surface area contributed by atoms with Gasteiger partial charge in [-0.25, -0.2) is 0 Å². The molecule has 2 heterocycles. The molecule has 0 atom stereocenters. The van der Waals surface area contributed by atoms with Crippen LogP contribution in [-0.4, -0.2) is 27.0 Å². The second kappa shape index (κ2) is 5.54. The lowest BCUT2D eigenvalue weighted by molar-refractivity contribution is 0.0845. The minimum atomic E-state index is -0.486. The first kappa shape index (κ1) is 14.0. The molecule has 0 aliphatic carbocycles. The van der Waals surface area contributed by atoms with Crippen LogP contribution in [-0.2, 0) is 0 Å². The van der Waals surface area contributed by atoms with Gasteiger partial charge in [0.15, 0.2) is 5.69 Å². The van der Waals surface area contributed by atoms with E-state index in [4.69, 9.17) is 0 Å². The third kappa shape index (κ3) is 2.28. The molecule has 4 rings (SSSR count). The number of rotatable bonds is 2. The Morgan fingerprint density at radius 2 is 1.50 bits per heavy atom. The van der Waals surface area contributed by atoms with Crippen molar-refractivity contribution < 1.29 is 9.59 Å². The fourth-order valence-electron chi connectivity index (χ4n) is 2.64. The fraction of sp³-hybridized carbons (Fsp3) is 0. The zero-order valence-electron chi connectivity index (χ0n) is 12.5. The van der Waals surface area contributed by atoms with Gasteiger partial charge in [0, 0.05) is 22.5 Å². The molecule has 0 fully saturated rings. The molecule has 7 nitrogen and oxygen atoms in total. The van der Waals surface area contributed by atoms with Gasteiger partial charge >= 0.3 is 0 Å². The number of nitrogens with zero attached hydrogens (tertiary/aromatic N) is 1. The number of hydrazine groups is 1. The number of aromatic amines is 2. The standard InChI is InChI=1S/C17H13N5O2/c23-16(12-9-18-13-7-3-1-5-10(12)13)21-22-17(24)15-11-6-2-4-8-14(11)19-20-15/h1-9,18H,(H,19,20)(H,21,23)(H,22,24). The van der Waals surface area contributed by atoms with Crippen LogP contribution in [0.15, 0.2) is 54.7 Å². The summed E-state index contributed by atoms with van der Waals surface area (Å²) in [6.45, 7) is 0. The molecule has 0 saturated carbocycles. The summed E-state index contributed by atoms with van der Waals surface area (Å²) >= 11 is 0. The molecule has 4 aromatic rings. The average molecular weight is 319 g/mol. The highest BCUT2D eigenvalue weighted by Gasteiger charge is 2.16. The molecule has 0 aliphatic heterocycles. The molecule has 0 saturated heterocycles. The van der Waals surface area contributed by atoms with Gasteiger partial charge in [0.1, 0.15) is 0 Å². The van der Waals surface area contributed by atoms with E-state index >= 15 is 0 Å². The minimum Gasteiger partial charge on any atom is -0.360 e. The van der Waals surface area contributed by atoms with Gasteiger partial charge < -0.3 is 4.98 Å². The van der Waals surface area contributed by atoms with Crippen molar-refractivity contribution >= 4 is 33.6 Å². The number of H-pyrrole nitrogens is 2. The molecule has 24 heavy (non-hydrogen) atoms. The van der Waals surface area contributed by atoms with Crippen LogP contribution >= 0.6 is 0 Å². The van der Waals surface area contributed by atoms with Gasteiger partial charge in [0.2, 0.25) is 0 Å². The number of amides is 2. The number of para-hydroxylation sites is 2. The Bertz CT molecular complexity index is 977. The van der Waals surface area contributed by atoms with Crippen molar-refractivity contribution in [1.29, 1.82) is 0 Å². The summed E-state index contributed by atoms with van der Waals surface area (Å²) in [5, 5.41) is 8.25. The molecule has 2 amide bonds. The van der Waals surface area contributed by atoms with Crippen molar-refractivity contribution in [3.8, 4) is 0 Å². The third-order valence-electron chi connectivity index (χ3n) is 3.81. The van der Waals surface area contributed by atoms with Crippen LogP contribution in [0.5, 0.6) is 0 Å². The highest BCUT2D eigenvalue weighted by Crippen LogP contribution is 2.17. The smallest absolute Gasteiger partial charge is 0.290 e. The number of carbonyl (C=O) groups is 2. The topological polar surface area (TPSA) is 103 Å². The Morgan fingerprint density at radius 1 is 0.833 bits per heavy atom. The van der Waals surface area contributed by atoms with E-state index in [0.29, 0.717) is 10.9 Å². The Balaban J connectivity index is 1.52. The van der Waals surface area contributed by atoms with E-state index in [1.165, 1.54) is 0 Å². The SMILES string of the molecule is O=C(NNC(=O)c1n[nH]c2ccccc12)c1c[nH]c2ccccc12. The molecule has 2 aromatic carbocycles. The van der Waals surface area contributed by atoms with Crippen LogP contribution in [0.3, 0.4) is 0 Å². The molecule has 7 heteroatoms. The molecule has 0 aliphatic rings. The minimum absolute atomic E-state index is 0.227. The Kier molecular flexibility index (Phi) is 3.24. The fourth-order valence-corrected chi connectivity index (χ4v) is 2.64. The third-order valence-corrected chi connectivity index (χ3v) is 3.81. The molecule has 0 radical (unpaired) electrons. The maximum absolute atomic E-state index is 12.3. The number of hydrogen-bond acceptors (Lipinski definition) is 3. The van der Waals surface area contributed by atoms with Crippen molar-refractivity contribution in [2.24, 2.45) is 0 Å². The maximum atomic E-state index is 12.3. The summed E-state index contributed by atoms with van der Waals surface area (Å²) in [6.07, 6.45) is 1.61. The van der Waals surface area contributed by atoms with Gasteiger partial charge in [-0.05, 0) is 12.1 Å². The molecule has 118 valence electrons. The summed E-state index contributed by atoms with van der Waals surface area (Å²) in [5.74, 6) is -0.888. The van der Waals surface area contributed by atoms with Crippen molar-refractivity contribution in [2.75, 3.05) is 0 Å². The van der Waals surface area contributed by atoms with E-state index in [9.17, 15) is 9.59 Å². The lowest BCUT2D eigenvalue weighted by atomic mass is 10.2. The average Bonchev–Trinajstić information content (AvgIpc) is 3.23. The zero-order valence-corrected chi connectivity index (χ0v) is 12.5. The summed E-state index contributed by atoms with van der Waals surface area (Å²) < 4.78 is 0. The van der Waals surface area contributed by atoms with Gasteiger partial charge in [-0.3, -0.25) is 25.5 Å². The number of nitrogens with one attached hydrogen (secondary N) is 4. The Morgan fingerprint density at radius 3 is 2.33 bits per heavy atom. The lowest BCUT2D eigenvalue weighted by Gasteiger charge is -2.05. The van der Waals surface area contributed by atoms with Crippen LogP contribution in [0.2, 0.25) is 0 Å². The number of hydrogen-bond donors (Lipinski definition) is 4. The van der Waals surface area contributed by atoms with Gasteiger partial charge in [-0.15, -0.1) is 0 Å². The van der Waals surface area contributed by atoms with Crippen LogP contribution < -0.4 is 10.9 Å². The van der Waals surface area contributed by atoms with E-state index < -0.39 is 11.8 Å². The molecule has 0 spiro atoms. The monoisotopic (exact) mass is 319 g/mol. The van der Waals surface area contributed by atoms with Crippen molar-refractivity contribution in [2.45, 2.75) is 0 Å². The van der Waals surface area contributed by atoms with Crippen LogP contribution in [0, 0.1) is 0 Å². The highest BCUT2D eigenvalue weighted by atomic mass is 16.2. The van der Waals surface area contributed by atoms with E-state index in [-0.39, 0.29) is 5.69 Å². The van der Waals surface area contributed by atoms with Gasteiger partial charge in [0.25, 0.3) is 11.8 Å². The molecular formula is C17H13N5O2. The van der Waals surface area contributed by atoms with E-state index in [1.807, 2.05) is 42.5 Å². The first-order chi connectivity index (χ1) is 11.7. The van der Waals surface area contributed by atoms with Crippen LogP contribution in [0.25, 0.3) is 21.8 Å². The molecular weight excluding hydrogens is 306 g/mol.